The molecule has 2 aromatic carbocycles. The van der Waals surface area contributed by atoms with Crippen molar-refractivity contribution in [3.05, 3.63) is 70.3 Å². The van der Waals surface area contributed by atoms with Gasteiger partial charge in [0.1, 0.15) is 13.7 Å². The van der Waals surface area contributed by atoms with Gasteiger partial charge < -0.3 is 15.0 Å². The van der Waals surface area contributed by atoms with E-state index in [1.165, 1.54) is 26.2 Å². The van der Waals surface area contributed by atoms with Crippen molar-refractivity contribution in [2.45, 2.75) is 33.6 Å². The number of benzene rings is 2. The first kappa shape index (κ1) is 27.3. The number of amides is 1. The van der Waals surface area contributed by atoms with E-state index < -0.39 is 17.5 Å². The van der Waals surface area contributed by atoms with Crippen molar-refractivity contribution >= 4 is 23.6 Å². The third-order valence-corrected chi connectivity index (χ3v) is 4.31. The molecular formula is C23H26F3N3O4. The highest BCUT2D eigenvalue weighted by Crippen LogP contribution is 2.29. The zero-order valence-corrected chi connectivity index (χ0v) is 19.0. The molecule has 0 aromatic heterocycles. The Labute approximate surface area is 190 Å². The zero-order valence-electron chi connectivity index (χ0n) is 19.0. The number of halogens is 3. The van der Waals surface area contributed by atoms with Crippen LogP contribution >= 0.6 is 0 Å². The summed E-state index contributed by atoms with van der Waals surface area (Å²) in [6, 6.07) is 9.98. The average molecular weight is 465 g/mol. The number of alkyl halides is 3. The van der Waals surface area contributed by atoms with Crippen LogP contribution < -0.4 is 5.32 Å². The number of rotatable bonds is 8. The van der Waals surface area contributed by atoms with Gasteiger partial charge in [0, 0.05) is 30.7 Å². The molecule has 0 spiro atoms. The molecule has 10 heteroatoms. The van der Waals surface area contributed by atoms with E-state index in [0.29, 0.717) is 12.1 Å². The molecule has 0 unspecified atom stereocenters. The summed E-state index contributed by atoms with van der Waals surface area (Å²) in [5, 5.41) is 9.99. The maximum atomic E-state index is 13.0. The van der Waals surface area contributed by atoms with Crippen molar-refractivity contribution in [1.82, 2.24) is 5.32 Å². The predicted molar refractivity (Wildman–Crippen MR) is 119 cm³/mol. The number of aryl methyl sites for hydroxylation is 1. The summed E-state index contributed by atoms with van der Waals surface area (Å²) >= 11 is 0. The second-order valence-corrected chi connectivity index (χ2v) is 6.71. The van der Waals surface area contributed by atoms with Crippen LogP contribution in [0.15, 0.2) is 52.8 Å². The Bertz CT molecular complexity index is 1020. The summed E-state index contributed by atoms with van der Waals surface area (Å²) in [5.41, 5.74) is 2.08. The molecule has 2 aromatic rings. The first-order valence-electron chi connectivity index (χ1n) is 9.72. The molecule has 0 fully saturated rings. The number of carbonyl (C=O) groups excluding carboxylic acids is 2. The van der Waals surface area contributed by atoms with E-state index in [-0.39, 0.29) is 17.9 Å². The van der Waals surface area contributed by atoms with E-state index in [0.717, 1.165) is 28.8 Å². The maximum Gasteiger partial charge on any atom is 0.416 e. The van der Waals surface area contributed by atoms with E-state index in [9.17, 15) is 18.0 Å². The standard InChI is InChI=1S/C21H21F3N2O3.C2H5NO/c1-13-7-5-10-18(14(2)25-28-4)19(13)12-29-26-20(15(3)27)16-8-6-9-17(11-16)21(22,23)24;1-3-2-4/h5-11H,12H2,1-4H3;2H,1H3,(H,3,4)/b25-14-,26-20+;. The number of nitrogens with zero attached hydrogens (tertiary/aromatic N) is 2. The van der Waals surface area contributed by atoms with Crippen molar-refractivity contribution in [2.75, 3.05) is 14.2 Å². The summed E-state index contributed by atoms with van der Waals surface area (Å²) in [6.45, 7) is 4.88. The van der Waals surface area contributed by atoms with Crippen molar-refractivity contribution in [3.8, 4) is 0 Å². The van der Waals surface area contributed by atoms with Crippen LogP contribution in [-0.2, 0) is 32.0 Å². The minimum atomic E-state index is -4.52. The zero-order chi connectivity index (χ0) is 25.0. The Morgan fingerprint density at radius 1 is 1.12 bits per heavy atom. The second-order valence-electron chi connectivity index (χ2n) is 6.71. The molecule has 1 amide bonds. The van der Waals surface area contributed by atoms with Gasteiger partial charge in [0.05, 0.1) is 11.3 Å². The third kappa shape index (κ3) is 8.40. The van der Waals surface area contributed by atoms with Gasteiger partial charge in [-0.05, 0) is 31.5 Å². The van der Waals surface area contributed by atoms with Crippen LogP contribution in [0.5, 0.6) is 0 Å². The summed E-state index contributed by atoms with van der Waals surface area (Å²) in [6.07, 6.45) is -3.90. The fourth-order valence-corrected chi connectivity index (χ4v) is 2.74. The van der Waals surface area contributed by atoms with E-state index >= 15 is 0 Å². The lowest BCUT2D eigenvalue weighted by Crippen LogP contribution is -2.14. The Hall–Kier alpha value is -3.69. The molecule has 0 saturated carbocycles. The van der Waals surface area contributed by atoms with Crippen LogP contribution in [0.25, 0.3) is 0 Å². The first-order chi connectivity index (χ1) is 15.6. The van der Waals surface area contributed by atoms with Crippen molar-refractivity contribution in [2.24, 2.45) is 10.3 Å². The van der Waals surface area contributed by atoms with E-state index in [1.807, 2.05) is 25.1 Å². The summed E-state index contributed by atoms with van der Waals surface area (Å²) < 4.78 is 38.9. The lowest BCUT2D eigenvalue weighted by molar-refractivity contribution is -0.137. The summed E-state index contributed by atoms with van der Waals surface area (Å²) in [7, 11) is 3.00. The van der Waals surface area contributed by atoms with Crippen molar-refractivity contribution in [1.29, 1.82) is 0 Å². The molecule has 0 radical (unpaired) electrons. The number of hydrogen-bond donors (Lipinski definition) is 1. The van der Waals surface area contributed by atoms with Gasteiger partial charge in [-0.1, -0.05) is 40.6 Å². The molecule has 1 N–H and O–H groups in total. The fraction of sp³-hybridized carbons (Fsp3) is 0.304. The summed E-state index contributed by atoms with van der Waals surface area (Å²) in [5.74, 6) is -0.508. The van der Waals surface area contributed by atoms with Crippen molar-refractivity contribution in [3.63, 3.8) is 0 Å². The molecule has 0 heterocycles. The van der Waals surface area contributed by atoms with Crippen molar-refractivity contribution < 1.29 is 32.4 Å². The first-order valence-corrected chi connectivity index (χ1v) is 9.72. The highest BCUT2D eigenvalue weighted by atomic mass is 19.4. The lowest BCUT2D eigenvalue weighted by Gasteiger charge is -2.12. The minimum Gasteiger partial charge on any atom is -0.399 e. The Morgan fingerprint density at radius 2 is 1.76 bits per heavy atom. The molecule has 2 rings (SSSR count). The molecule has 0 bridgehead atoms. The van der Waals surface area contributed by atoms with Crippen LogP contribution in [-0.4, -0.2) is 37.8 Å². The summed E-state index contributed by atoms with van der Waals surface area (Å²) in [4.78, 5) is 31.2. The SMILES string of the molecule is CNC=O.CO/N=C(/C)c1cccc(C)c1CO/N=C(\C(C)=O)c1cccc(C(F)(F)F)c1. The number of ketones is 1. The highest BCUT2D eigenvalue weighted by Gasteiger charge is 2.31. The molecule has 0 saturated heterocycles. The van der Waals surface area contributed by atoms with Crippen LogP contribution in [0.4, 0.5) is 13.2 Å². The van der Waals surface area contributed by atoms with Gasteiger partial charge in [0.15, 0.2) is 11.5 Å². The lowest BCUT2D eigenvalue weighted by atomic mass is 10.00. The number of oxime groups is 2. The Balaban J connectivity index is 0.00000125. The molecule has 0 atom stereocenters. The Morgan fingerprint density at radius 3 is 2.30 bits per heavy atom. The third-order valence-electron chi connectivity index (χ3n) is 4.31. The molecule has 7 nitrogen and oxygen atoms in total. The molecular weight excluding hydrogens is 439 g/mol. The normalized spacial score (nSPS) is 11.8. The van der Waals surface area contributed by atoms with Gasteiger partial charge in [0.25, 0.3) is 0 Å². The van der Waals surface area contributed by atoms with Crippen LogP contribution in [0.1, 0.15) is 41.7 Å². The molecule has 0 aliphatic rings. The number of carbonyl (C=O) groups is 2. The average Bonchev–Trinajstić information content (AvgIpc) is 2.77. The van der Waals surface area contributed by atoms with Gasteiger partial charge in [-0.2, -0.15) is 13.2 Å². The predicted octanol–water partition coefficient (Wildman–Crippen LogP) is 4.26. The largest absolute Gasteiger partial charge is 0.416 e. The quantitative estimate of drug-likeness (QED) is 0.359. The minimum absolute atomic E-state index is 0.00826. The topological polar surface area (TPSA) is 89.3 Å². The maximum absolute atomic E-state index is 13.0. The van der Waals surface area contributed by atoms with E-state index in [4.69, 9.17) is 14.5 Å². The number of nitrogens with one attached hydrogen (secondary N) is 1. The van der Waals surface area contributed by atoms with E-state index in [2.05, 4.69) is 15.6 Å². The molecule has 33 heavy (non-hydrogen) atoms. The van der Waals surface area contributed by atoms with Crippen LogP contribution in [0, 0.1) is 6.92 Å². The van der Waals surface area contributed by atoms with E-state index in [1.54, 1.807) is 14.0 Å². The molecule has 178 valence electrons. The van der Waals surface area contributed by atoms with Gasteiger partial charge in [-0.25, -0.2) is 0 Å². The molecule has 0 aliphatic heterocycles. The molecule has 0 aliphatic carbocycles. The second kappa shape index (κ2) is 13.0. The monoisotopic (exact) mass is 465 g/mol. The van der Waals surface area contributed by atoms with Gasteiger partial charge in [-0.3, -0.25) is 9.59 Å². The number of hydrogen-bond acceptors (Lipinski definition) is 6. The smallest absolute Gasteiger partial charge is 0.399 e. The van der Waals surface area contributed by atoms with Crippen LogP contribution in [0.3, 0.4) is 0 Å². The van der Waals surface area contributed by atoms with Crippen LogP contribution in [0.2, 0.25) is 0 Å². The highest BCUT2D eigenvalue weighted by molar-refractivity contribution is 6.45. The van der Waals surface area contributed by atoms with Gasteiger partial charge >= 0.3 is 6.18 Å². The Kier molecular flexibility index (Phi) is 10.8. The number of Topliss-reactive ketones (excluding diaryl/α,β-unsaturated/α-hetero) is 1. The fourth-order valence-electron chi connectivity index (χ4n) is 2.74. The van der Waals surface area contributed by atoms with Gasteiger partial charge in [0.2, 0.25) is 6.41 Å². The van der Waals surface area contributed by atoms with Gasteiger partial charge in [-0.15, -0.1) is 0 Å².